The van der Waals surface area contributed by atoms with Gasteiger partial charge in [0.1, 0.15) is 0 Å². The standard InChI is InChI=1S/C9H20O2/c1-4-5-8(2)9(10)6-7-11-3/h8-10H,4-7H2,1-3H3. The molecule has 0 aliphatic carbocycles. The summed E-state index contributed by atoms with van der Waals surface area (Å²) >= 11 is 0. The van der Waals surface area contributed by atoms with Crippen LogP contribution < -0.4 is 0 Å². The highest BCUT2D eigenvalue weighted by molar-refractivity contribution is 4.63. The Labute approximate surface area is 69.6 Å². The van der Waals surface area contributed by atoms with Gasteiger partial charge in [-0.15, -0.1) is 0 Å². The largest absolute Gasteiger partial charge is 0.393 e. The lowest BCUT2D eigenvalue weighted by Crippen LogP contribution is -2.19. The lowest BCUT2D eigenvalue weighted by molar-refractivity contribution is 0.0691. The van der Waals surface area contributed by atoms with Crippen LogP contribution in [0.4, 0.5) is 0 Å². The number of hydrogen-bond acceptors (Lipinski definition) is 2. The van der Waals surface area contributed by atoms with Gasteiger partial charge in [-0.1, -0.05) is 20.3 Å². The third kappa shape index (κ3) is 5.22. The summed E-state index contributed by atoms with van der Waals surface area (Å²) in [6.45, 7) is 4.89. The van der Waals surface area contributed by atoms with Crippen molar-refractivity contribution in [3.05, 3.63) is 0 Å². The van der Waals surface area contributed by atoms with E-state index >= 15 is 0 Å². The highest BCUT2D eigenvalue weighted by Gasteiger charge is 2.11. The Balaban J connectivity index is 3.38. The van der Waals surface area contributed by atoms with E-state index in [1.807, 2.05) is 0 Å². The molecule has 0 spiro atoms. The Bertz CT molecular complexity index is 83.6. The van der Waals surface area contributed by atoms with Crippen molar-refractivity contribution in [2.75, 3.05) is 13.7 Å². The van der Waals surface area contributed by atoms with E-state index in [0.717, 1.165) is 19.3 Å². The minimum absolute atomic E-state index is 0.185. The van der Waals surface area contributed by atoms with E-state index < -0.39 is 0 Å². The Morgan fingerprint density at radius 2 is 2.00 bits per heavy atom. The normalized spacial score (nSPS) is 16.4. The van der Waals surface area contributed by atoms with E-state index in [9.17, 15) is 5.11 Å². The van der Waals surface area contributed by atoms with Crippen molar-refractivity contribution in [3.8, 4) is 0 Å². The Hall–Kier alpha value is -0.0800. The van der Waals surface area contributed by atoms with Crippen LogP contribution in [0.5, 0.6) is 0 Å². The van der Waals surface area contributed by atoms with Gasteiger partial charge in [-0.05, 0) is 18.8 Å². The zero-order chi connectivity index (χ0) is 8.69. The molecule has 0 fully saturated rings. The van der Waals surface area contributed by atoms with Gasteiger partial charge in [-0.25, -0.2) is 0 Å². The van der Waals surface area contributed by atoms with E-state index in [0.29, 0.717) is 12.5 Å². The van der Waals surface area contributed by atoms with Gasteiger partial charge in [0.25, 0.3) is 0 Å². The predicted octanol–water partition coefficient (Wildman–Crippen LogP) is 1.82. The first-order chi connectivity index (χ1) is 5.22. The Morgan fingerprint density at radius 3 is 2.45 bits per heavy atom. The first-order valence-electron chi connectivity index (χ1n) is 4.39. The first kappa shape index (κ1) is 10.9. The predicted molar refractivity (Wildman–Crippen MR) is 46.6 cm³/mol. The van der Waals surface area contributed by atoms with Gasteiger partial charge in [0, 0.05) is 13.7 Å². The summed E-state index contributed by atoms with van der Waals surface area (Å²) in [6, 6.07) is 0. The molecule has 2 unspecified atom stereocenters. The maximum atomic E-state index is 9.50. The van der Waals surface area contributed by atoms with Crippen molar-refractivity contribution < 1.29 is 9.84 Å². The minimum Gasteiger partial charge on any atom is -0.393 e. The second kappa shape index (κ2) is 6.62. The highest BCUT2D eigenvalue weighted by atomic mass is 16.5. The molecule has 11 heavy (non-hydrogen) atoms. The van der Waals surface area contributed by atoms with Crippen molar-refractivity contribution >= 4 is 0 Å². The molecular formula is C9H20O2. The number of rotatable bonds is 6. The maximum Gasteiger partial charge on any atom is 0.0587 e. The molecule has 0 aromatic rings. The van der Waals surface area contributed by atoms with E-state index in [1.54, 1.807) is 7.11 Å². The van der Waals surface area contributed by atoms with Gasteiger partial charge in [0.05, 0.1) is 6.10 Å². The summed E-state index contributed by atoms with van der Waals surface area (Å²) in [7, 11) is 1.66. The molecular weight excluding hydrogens is 140 g/mol. The molecule has 0 amide bonds. The van der Waals surface area contributed by atoms with Crippen LogP contribution in [0.25, 0.3) is 0 Å². The molecule has 0 radical (unpaired) electrons. The fourth-order valence-electron chi connectivity index (χ4n) is 1.17. The molecule has 0 saturated heterocycles. The van der Waals surface area contributed by atoms with Gasteiger partial charge >= 0.3 is 0 Å². The van der Waals surface area contributed by atoms with Gasteiger partial charge < -0.3 is 9.84 Å². The van der Waals surface area contributed by atoms with Crippen LogP contribution in [-0.4, -0.2) is 24.9 Å². The molecule has 2 heteroatoms. The van der Waals surface area contributed by atoms with Crippen LogP contribution in [0.1, 0.15) is 33.1 Å². The van der Waals surface area contributed by atoms with Gasteiger partial charge in [0.15, 0.2) is 0 Å². The fourth-order valence-corrected chi connectivity index (χ4v) is 1.17. The van der Waals surface area contributed by atoms with E-state index in [4.69, 9.17) is 4.74 Å². The molecule has 0 aromatic carbocycles. The molecule has 1 N–H and O–H groups in total. The van der Waals surface area contributed by atoms with E-state index in [1.165, 1.54) is 0 Å². The summed E-state index contributed by atoms with van der Waals surface area (Å²) < 4.78 is 4.88. The second-order valence-electron chi connectivity index (χ2n) is 3.11. The number of hydrogen-bond donors (Lipinski definition) is 1. The second-order valence-corrected chi connectivity index (χ2v) is 3.11. The molecule has 0 aromatic heterocycles. The van der Waals surface area contributed by atoms with Gasteiger partial charge in [0.2, 0.25) is 0 Å². The number of ether oxygens (including phenoxy) is 1. The zero-order valence-corrected chi connectivity index (χ0v) is 7.84. The molecule has 2 atom stereocenters. The minimum atomic E-state index is -0.185. The molecule has 0 aliphatic heterocycles. The van der Waals surface area contributed by atoms with Crippen molar-refractivity contribution in [3.63, 3.8) is 0 Å². The van der Waals surface area contributed by atoms with E-state index in [2.05, 4.69) is 13.8 Å². The lowest BCUT2D eigenvalue weighted by Gasteiger charge is -2.17. The third-order valence-electron chi connectivity index (χ3n) is 2.02. The molecule has 0 rings (SSSR count). The van der Waals surface area contributed by atoms with E-state index in [-0.39, 0.29) is 6.10 Å². The monoisotopic (exact) mass is 160 g/mol. The fraction of sp³-hybridized carbons (Fsp3) is 1.00. The average molecular weight is 160 g/mol. The number of methoxy groups -OCH3 is 1. The van der Waals surface area contributed by atoms with Crippen molar-refractivity contribution in [1.82, 2.24) is 0 Å². The van der Waals surface area contributed by atoms with Crippen LogP contribution in [0.2, 0.25) is 0 Å². The smallest absolute Gasteiger partial charge is 0.0587 e. The Morgan fingerprint density at radius 1 is 1.36 bits per heavy atom. The Kier molecular flexibility index (Phi) is 6.57. The molecule has 68 valence electrons. The van der Waals surface area contributed by atoms with Crippen LogP contribution in [0.15, 0.2) is 0 Å². The number of aliphatic hydroxyl groups is 1. The molecule has 0 heterocycles. The third-order valence-corrected chi connectivity index (χ3v) is 2.02. The van der Waals surface area contributed by atoms with Crippen molar-refractivity contribution in [2.45, 2.75) is 39.2 Å². The molecule has 0 bridgehead atoms. The van der Waals surface area contributed by atoms with Crippen molar-refractivity contribution in [2.24, 2.45) is 5.92 Å². The molecule has 2 nitrogen and oxygen atoms in total. The number of aliphatic hydroxyl groups excluding tert-OH is 1. The SMILES string of the molecule is CCCC(C)C(O)CCOC. The summed E-state index contributed by atoms with van der Waals surface area (Å²) in [4.78, 5) is 0. The summed E-state index contributed by atoms with van der Waals surface area (Å²) in [6.07, 6.45) is 2.82. The van der Waals surface area contributed by atoms with Crippen LogP contribution in [0, 0.1) is 5.92 Å². The highest BCUT2D eigenvalue weighted by Crippen LogP contribution is 2.12. The zero-order valence-electron chi connectivity index (χ0n) is 7.84. The first-order valence-corrected chi connectivity index (χ1v) is 4.39. The molecule has 0 aliphatic rings. The van der Waals surface area contributed by atoms with Gasteiger partial charge in [-0.2, -0.15) is 0 Å². The van der Waals surface area contributed by atoms with Crippen LogP contribution in [-0.2, 0) is 4.74 Å². The maximum absolute atomic E-state index is 9.50. The molecule has 0 saturated carbocycles. The average Bonchev–Trinajstić information content (AvgIpc) is 2.00. The van der Waals surface area contributed by atoms with Gasteiger partial charge in [-0.3, -0.25) is 0 Å². The summed E-state index contributed by atoms with van der Waals surface area (Å²) in [5.41, 5.74) is 0. The van der Waals surface area contributed by atoms with Crippen LogP contribution in [0.3, 0.4) is 0 Å². The lowest BCUT2D eigenvalue weighted by atomic mass is 9.97. The summed E-state index contributed by atoms with van der Waals surface area (Å²) in [5, 5.41) is 9.50. The van der Waals surface area contributed by atoms with Crippen molar-refractivity contribution in [1.29, 1.82) is 0 Å². The van der Waals surface area contributed by atoms with Crippen LogP contribution >= 0.6 is 0 Å². The quantitative estimate of drug-likeness (QED) is 0.642. The topological polar surface area (TPSA) is 29.5 Å². The summed E-state index contributed by atoms with van der Waals surface area (Å²) in [5.74, 6) is 0.412.